The lowest BCUT2D eigenvalue weighted by Gasteiger charge is -2.04. The summed E-state index contributed by atoms with van der Waals surface area (Å²) in [6, 6.07) is 24.7. The SMILES string of the molecule is c1ccc2c(c1)ccc1o[nH]oc3ccc4ccccc4c3c12. The molecule has 0 bridgehead atoms. The predicted octanol–water partition coefficient (Wildman–Crippen LogP) is 5.94. The van der Waals surface area contributed by atoms with Crippen LogP contribution in [0, 0.1) is 0 Å². The molecule has 23 heavy (non-hydrogen) atoms. The van der Waals surface area contributed by atoms with Crippen LogP contribution in [0.25, 0.3) is 43.5 Å². The van der Waals surface area contributed by atoms with Crippen molar-refractivity contribution >= 4 is 43.5 Å². The Morgan fingerprint density at radius 1 is 0.522 bits per heavy atom. The molecule has 0 aliphatic rings. The molecule has 0 aliphatic heterocycles. The van der Waals surface area contributed by atoms with Gasteiger partial charge in [-0.1, -0.05) is 66.0 Å². The number of aromatic amines is 1. The summed E-state index contributed by atoms with van der Waals surface area (Å²) < 4.78 is 11.2. The average Bonchev–Trinajstić information content (AvgIpc) is 2.81. The number of rotatable bonds is 0. The van der Waals surface area contributed by atoms with Gasteiger partial charge in [0.1, 0.15) is 0 Å². The largest absolute Gasteiger partial charge is 0.351 e. The van der Waals surface area contributed by atoms with E-state index in [1.807, 2.05) is 36.4 Å². The van der Waals surface area contributed by atoms with Crippen LogP contribution in [-0.4, -0.2) is 5.33 Å². The van der Waals surface area contributed by atoms with E-state index in [2.05, 4.69) is 41.7 Å². The minimum atomic E-state index is 0.763. The molecule has 0 unspecified atom stereocenters. The smallest absolute Gasteiger partial charge is 0.167 e. The van der Waals surface area contributed by atoms with Gasteiger partial charge in [-0.15, -0.1) is 0 Å². The zero-order valence-electron chi connectivity index (χ0n) is 12.2. The Kier molecular flexibility index (Phi) is 2.50. The summed E-state index contributed by atoms with van der Waals surface area (Å²) in [5.74, 6) is 0. The Bertz CT molecular complexity index is 1130. The first kappa shape index (κ1) is 12.4. The molecule has 0 atom stereocenters. The van der Waals surface area contributed by atoms with Crippen LogP contribution in [0.2, 0.25) is 0 Å². The maximum Gasteiger partial charge on any atom is 0.167 e. The number of benzene rings is 4. The molecule has 5 rings (SSSR count). The fourth-order valence-electron chi connectivity index (χ4n) is 3.30. The van der Waals surface area contributed by atoms with Gasteiger partial charge in [0.05, 0.1) is 0 Å². The number of aromatic nitrogens is 1. The molecule has 0 fully saturated rings. The van der Waals surface area contributed by atoms with Crippen molar-refractivity contribution in [1.82, 2.24) is 5.33 Å². The maximum atomic E-state index is 5.62. The second-order valence-electron chi connectivity index (χ2n) is 5.61. The lowest BCUT2D eigenvalue weighted by Crippen LogP contribution is -1.79. The third-order valence-electron chi connectivity index (χ3n) is 4.33. The highest BCUT2D eigenvalue weighted by atomic mass is 16.7. The highest BCUT2D eigenvalue weighted by Gasteiger charge is 2.10. The molecule has 1 N–H and O–H groups in total. The first-order valence-corrected chi connectivity index (χ1v) is 7.54. The first-order chi connectivity index (χ1) is 11.4. The number of hydrogen-bond acceptors (Lipinski definition) is 2. The normalized spacial score (nSPS) is 11.5. The number of fused-ring (bicyclic) bond motifs is 7. The van der Waals surface area contributed by atoms with Gasteiger partial charge in [0.25, 0.3) is 0 Å². The number of hydrogen-bond donors (Lipinski definition) is 1. The second-order valence-corrected chi connectivity index (χ2v) is 5.61. The lowest BCUT2D eigenvalue weighted by atomic mass is 9.99. The van der Waals surface area contributed by atoms with E-state index in [0.29, 0.717) is 0 Å². The highest BCUT2D eigenvalue weighted by molar-refractivity contribution is 6.24. The van der Waals surface area contributed by atoms with Crippen molar-refractivity contribution in [1.29, 1.82) is 0 Å². The van der Waals surface area contributed by atoms with E-state index >= 15 is 0 Å². The van der Waals surface area contributed by atoms with Gasteiger partial charge >= 0.3 is 0 Å². The third kappa shape index (κ3) is 1.77. The highest BCUT2D eigenvalue weighted by Crippen LogP contribution is 2.34. The molecule has 5 aromatic rings. The molecule has 0 spiro atoms. The van der Waals surface area contributed by atoms with E-state index in [1.165, 1.54) is 10.8 Å². The lowest BCUT2D eigenvalue weighted by molar-refractivity contribution is 0.228. The molecule has 4 aromatic carbocycles. The zero-order chi connectivity index (χ0) is 15.2. The zero-order valence-corrected chi connectivity index (χ0v) is 12.2. The third-order valence-corrected chi connectivity index (χ3v) is 4.33. The Morgan fingerprint density at radius 3 is 1.52 bits per heavy atom. The van der Waals surface area contributed by atoms with Crippen molar-refractivity contribution in [2.45, 2.75) is 0 Å². The summed E-state index contributed by atoms with van der Waals surface area (Å²) in [4.78, 5) is 0. The standard InChI is InChI=1S/C20H13NO2/c1-3-7-15-13(5-1)9-11-17-19(15)20-16-8-4-2-6-14(16)10-12-18(20)23-21-22-17/h1-12,21H. The Morgan fingerprint density at radius 2 is 1.00 bits per heavy atom. The van der Waals surface area contributed by atoms with Crippen LogP contribution in [0.15, 0.2) is 81.8 Å². The van der Waals surface area contributed by atoms with Crippen LogP contribution in [-0.2, 0) is 0 Å². The van der Waals surface area contributed by atoms with Crippen LogP contribution in [0.3, 0.4) is 0 Å². The minimum Gasteiger partial charge on any atom is -0.351 e. The summed E-state index contributed by atoms with van der Waals surface area (Å²) >= 11 is 0. The molecule has 1 aromatic heterocycles. The molecule has 0 aliphatic carbocycles. The minimum absolute atomic E-state index is 0.763. The molecule has 0 saturated carbocycles. The van der Waals surface area contributed by atoms with Gasteiger partial charge < -0.3 is 9.05 Å². The van der Waals surface area contributed by atoms with E-state index in [9.17, 15) is 0 Å². The summed E-state index contributed by atoms with van der Waals surface area (Å²) in [7, 11) is 0. The monoisotopic (exact) mass is 299 g/mol. The van der Waals surface area contributed by atoms with Crippen LogP contribution in [0.1, 0.15) is 0 Å². The van der Waals surface area contributed by atoms with Crippen LogP contribution < -0.4 is 0 Å². The molecule has 3 heteroatoms. The number of nitrogens with one attached hydrogen (secondary N) is 1. The molecule has 0 radical (unpaired) electrons. The molecule has 3 nitrogen and oxygen atoms in total. The quantitative estimate of drug-likeness (QED) is 0.384. The van der Waals surface area contributed by atoms with Crippen molar-refractivity contribution in [2.24, 2.45) is 0 Å². The number of H-pyrrole nitrogens is 1. The van der Waals surface area contributed by atoms with Crippen molar-refractivity contribution in [3.05, 3.63) is 72.8 Å². The Balaban J connectivity index is 2.23. The molecular formula is C20H13NO2. The van der Waals surface area contributed by atoms with Crippen molar-refractivity contribution in [3.63, 3.8) is 0 Å². The van der Waals surface area contributed by atoms with E-state index in [0.717, 1.165) is 32.7 Å². The van der Waals surface area contributed by atoms with E-state index < -0.39 is 0 Å². The van der Waals surface area contributed by atoms with Gasteiger partial charge in [-0.25, -0.2) is 0 Å². The molecule has 0 amide bonds. The Hall–Kier alpha value is -3.20. The van der Waals surface area contributed by atoms with E-state index in [-0.39, 0.29) is 0 Å². The predicted molar refractivity (Wildman–Crippen MR) is 93.0 cm³/mol. The van der Waals surface area contributed by atoms with Gasteiger partial charge in [-0.2, -0.15) is 0 Å². The maximum absolute atomic E-state index is 5.62. The summed E-state index contributed by atoms with van der Waals surface area (Å²) in [5, 5.41) is 9.35. The van der Waals surface area contributed by atoms with Crippen molar-refractivity contribution in [3.8, 4) is 0 Å². The fraction of sp³-hybridized carbons (Fsp3) is 0. The van der Waals surface area contributed by atoms with Gasteiger partial charge in [0.2, 0.25) is 0 Å². The van der Waals surface area contributed by atoms with E-state index in [1.54, 1.807) is 0 Å². The van der Waals surface area contributed by atoms with Crippen LogP contribution in [0.4, 0.5) is 0 Å². The van der Waals surface area contributed by atoms with Gasteiger partial charge in [0.15, 0.2) is 11.2 Å². The van der Waals surface area contributed by atoms with Crippen molar-refractivity contribution < 1.29 is 9.05 Å². The second kappa shape index (κ2) is 4.65. The van der Waals surface area contributed by atoms with E-state index in [4.69, 9.17) is 9.05 Å². The van der Waals surface area contributed by atoms with Crippen LogP contribution in [0.5, 0.6) is 0 Å². The van der Waals surface area contributed by atoms with Gasteiger partial charge in [-0.05, 0) is 33.7 Å². The summed E-state index contributed by atoms with van der Waals surface area (Å²) in [6.07, 6.45) is 0. The first-order valence-electron chi connectivity index (χ1n) is 7.54. The van der Waals surface area contributed by atoms with Crippen molar-refractivity contribution in [2.75, 3.05) is 0 Å². The molecule has 110 valence electrons. The average molecular weight is 299 g/mol. The fourth-order valence-corrected chi connectivity index (χ4v) is 3.30. The van der Waals surface area contributed by atoms with Gasteiger partial charge in [-0.3, -0.25) is 0 Å². The van der Waals surface area contributed by atoms with Crippen LogP contribution >= 0.6 is 0 Å². The summed E-state index contributed by atoms with van der Waals surface area (Å²) in [6.45, 7) is 0. The molecule has 0 saturated heterocycles. The Labute approximate surface area is 131 Å². The topological polar surface area (TPSA) is 42.1 Å². The van der Waals surface area contributed by atoms with Gasteiger partial charge in [0, 0.05) is 10.8 Å². The summed E-state index contributed by atoms with van der Waals surface area (Å²) in [5.41, 5.74) is 1.53. The molecule has 1 heterocycles. The molecular weight excluding hydrogens is 286 g/mol.